The molecule has 1 saturated carbocycles. The number of anilines is 2. The Hall–Kier alpha value is -1.62. The number of nitrogens with one attached hydrogen (secondary N) is 1. The predicted molar refractivity (Wildman–Crippen MR) is 88.6 cm³/mol. The van der Waals surface area contributed by atoms with Crippen molar-refractivity contribution in [1.82, 2.24) is 0 Å². The fourth-order valence-corrected chi connectivity index (χ4v) is 3.13. The third-order valence-electron chi connectivity index (χ3n) is 4.60. The molecule has 1 aliphatic carbocycles. The van der Waals surface area contributed by atoms with Crippen molar-refractivity contribution in [2.75, 3.05) is 17.8 Å². The number of nitrogen functional groups attached to an aromatic ring is 1. The van der Waals surface area contributed by atoms with Gasteiger partial charge in [0.05, 0.1) is 11.4 Å². The second kappa shape index (κ2) is 7.09. The van der Waals surface area contributed by atoms with E-state index in [0.717, 1.165) is 31.6 Å². The molecule has 2 aliphatic rings. The Morgan fingerprint density at radius 1 is 1.23 bits per heavy atom. The zero-order valence-electron chi connectivity index (χ0n) is 12.8. The first-order chi connectivity index (χ1) is 10.2. The van der Waals surface area contributed by atoms with Gasteiger partial charge in [-0.2, -0.15) is 0 Å². The minimum Gasteiger partial charge on any atom is -0.454 e. The number of benzene rings is 1. The van der Waals surface area contributed by atoms with Crippen LogP contribution in [0.1, 0.15) is 39.0 Å². The Kier molecular flexibility index (Phi) is 5.40. The van der Waals surface area contributed by atoms with Gasteiger partial charge in [-0.1, -0.05) is 13.3 Å². The zero-order valence-corrected chi connectivity index (χ0v) is 13.6. The maximum absolute atomic E-state index is 12.4. The van der Waals surface area contributed by atoms with E-state index in [1.807, 2.05) is 0 Å². The topological polar surface area (TPSA) is 73.6 Å². The van der Waals surface area contributed by atoms with Crippen LogP contribution in [0.3, 0.4) is 0 Å². The van der Waals surface area contributed by atoms with Gasteiger partial charge in [-0.3, -0.25) is 4.79 Å². The first-order valence-electron chi connectivity index (χ1n) is 7.67. The van der Waals surface area contributed by atoms with Gasteiger partial charge in [-0.25, -0.2) is 0 Å². The lowest BCUT2D eigenvalue weighted by molar-refractivity contribution is -0.121. The number of carbonyl (C=O) groups is 1. The number of hydrogen-bond acceptors (Lipinski definition) is 4. The summed E-state index contributed by atoms with van der Waals surface area (Å²) < 4.78 is 10.6. The van der Waals surface area contributed by atoms with Gasteiger partial charge in [0.1, 0.15) is 0 Å². The van der Waals surface area contributed by atoms with Crippen molar-refractivity contribution in [2.45, 2.75) is 39.0 Å². The standard InChI is InChI=1S/C16H22N2O3.ClH/c1-2-10-3-5-11(6-4-10)16(19)18-13-8-15-14(7-12(13)17)20-9-21-15;/h7-8,10-11H,2-6,9,17H2,1H3,(H,18,19);1H. The summed E-state index contributed by atoms with van der Waals surface area (Å²) in [4.78, 5) is 12.4. The van der Waals surface area contributed by atoms with Crippen LogP contribution in [0.15, 0.2) is 12.1 Å². The molecule has 22 heavy (non-hydrogen) atoms. The second-order valence-electron chi connectivity index (χ2n) is 5.91. The molecular weight excluding hydrogens is 304 g/mol. The molecule has 0 atom stereocenters. The van der Waals surface area contributed by atoms with Crippen molar-refractivity contribution >= 4 is 29.7 Å². The van der Waals surface area contributed by atoms with E-state index >= 15 is 0 Å². The molecule has 0 unspecified atom stereocenters. The summed E-state index contributed by atoms with van der Waals surface area (Å²) in [6.45, 7) is 2.42. The quantitative estimate of drug-likeness (QED) is 0.833. The van der Waals surface area contributed by atoms with Crippen LogP contribution in [-0.2, 0) is 4.79 Å². The number of hydrogen-bond donors (Lipinski definition) is 2. The molecule has 0 saturated heterocycles. The Bertz CT molecular complexity index is 542. The summed E-state index contributed by atoms with van der Waals surface area (Å²) in [7, 11) is 0. The summed E-state index contributed by atoms with van der Waals surface area (Å²) in [5.41, 5.74) is 7.09. The smallest absolute Gasteiger partial charge is 0.231 e. The fraction of sp³-hybridized carbons (Fsp3) is 0.562. The number of rotatable bonds is 3. The predicted octanol–water partition coefficient (Wildman–Crippen LogP) is 3.57. The fourth-order valence-electron chi connectivity index (χ4n) is 3.13. The van der Waals surface area contributed by atoms with Crippen LogP contribution < -0.4 is 20.5 Å². The van der Waals surface area contributed by atoms with E-state index in [0.29, 0.717) is 22.9 Å². The first-order valence-corrected chi connectivity index (χ1v) is 7.67. The molecule has 1 fully saturated rings. The Morgan fingerprint density at radius 3 is 2.50 bits per heavy atom. The van der Waals surface area contributed by atoms with Crippen molar-refractivity contribution in [1.29, 1.82) is 0 Å². The molecule has 6 heteroatoms. The molecule has 0 aromatic heterocycles. The van der Waals surface area contributed by atoms with Crippen LogP contribution >= 0.6 is 12.4 Å². The second-order valence-corrected chi connectivity index (χ2v) is 5.91. The molecule has 1 aromatic rings. The average Bonchev–Trinajstić information content (AvgIpc) is 2.94. The summed E-state index contributed by atoms with van der Waals surface area (Å²) >= 11 is 0. The minimum atomic E-state index is 0. The average molecular weight is 327 g/mol. The maximum Gasteiger partial charge on any atom is 0.231 e. The number of amides is 1. The molecule has 0 spiro atoms. The monoisotopic (exact) mass is 326 g/mol. The van der Waals surface area contributed by atoms with Crippen LogP contribution in [0.25, 0.3) is 0 Å². The van der Waals surface area contributed by atoms with Gasteiger partial charge < -0.3 is 20.5 Å². The highest BCUT2D eigenvalue weighted by Gasteiger charge is 2.26. The summed E-state index contributed by atoms with van der Waals surface area (Å²) in [5.74, 6) is 2.21. The van der Waals surface area contributed by atoms with Gasteiger partial charge in [-0.15, -0.1) is 12.4 Å². The highest BCUT2D eigenvalue weighted by molar-refractivity contribution is 5.96. The third kappa shape index (κ3) is 3.40. The number of fused-ring (bicyclic) bond motifs is 1. The summed E-state index contributed by atoms with van der Waals surface area (Å²) in [6, 6.07) is 3.44. The highest BCUT2D eigenvalue weighted by atomic mass is 35.5. The van der Waals surface area contributed by atoms with Crippen molar-refractivity contribution in [3.8, 4) is 11.5 Å². The van der Waals surface area contributed by atoms with Gasteiger partial charge in [0.25, 0.3) is 0 Å². The van der Waals surface area contributed by atoms with Crippen LogP contribution in [0.2, 0.25) is 0 Å². The lowest BCUT2D eigenvalue weighted by atomic mass is 9.80. The van der Waals surface area contributed by atoms with E-state index in [-0.39, 0.29) is 31.0 Å². The van der Waals surface area contributed by atoms with Crippen LogP contribution in [0.5, 0.6) is 11.5 Å². The Morgan fingerprint density at radius 2 is 1.86 bits per heavy atom. The zero-order chi connectivity index (χ0) is 14.8. The van der Waals surface area contributed by atoms with Crippen molar-refractivity contribution in [2.24, 2.45) is 11.8 Å². The van der Waals surface area contributed by atoms with Gasteiger partial charge >= 0.3 is 0 Å². The molecule has 122 valence electrons. The highest BCUT2D eigenvalue weighted by Crippen LogP contribution is 2.39. The van der Waals surface area contributed by atoms with Crippen molar-refractivity contribution in [3.05, 3.63) is 12.1 Å². The molecular formula is C16H23ClN2O3. The van der Waals surface area contributed by atoms with E-state index < -0.39 is 0 Å². The van der Waals surface area contributed by atoms with Crippen molar-refractivity contribution < 1.29 is 14.3 Å². The maximum atomic E-state index is 12.4. The van der Waals surface area contributed by atoms with E-state index in [1.54, 1.807) is 12.1 Å². The summed E-state index contributed by atoms with van der Waals surface area (Å²) in [5, 5.41) is 2.94. The van der Waals surface area contributed by atoms with Gasteiger partial charge in [0.2, 0.25) is 12.7 Å². The molecule has 5 nitrogen and oxygen atoms in total. The number of ether oxygens (including phenoxy) is 2. The normalized spacial score (nSPS) is 22.8. The molecule has 1 aliphatic heterocycles. The van der Waals surface area contributed by atoms with E-state index in [1.165, 1.54) is 6.42 Å². The van der Waals surface area contributed by atoms with Crippen LogP contribution in [-0.4, -0.2) is 12.7 Å². The van der Waals surface area contributed by atoms with Gasteiger partial charge in [-0.05, 0) is 31.6 Å². The van der Waals surface area contributed by atoms with Crippen molar-refractivity contribution in [3.63, 3.8) is 0 Å². The molecule has 0 radical (unpaired) electrons. The van der Waals surface area contributed by atoms with Crippen LogP contribution in [0.4, 0.5) is 11.4 Å². The van der Waals surface area contributed by atoms with Gasteiger partial charge in [0.15, 0.2) is 11.5 Å². The largest absolute Gasteiger partial charge is 0.454 e. The molecule has 1 heterocycles. The SMILES string of the molecule is CCC1CCC(C(=O)Nc2cc3c(cc2N)OCO3)CC1.Cl. The summed E-state index contributed by atoms with van der Waals surface area (Å²) in [6.07, 6.45) is 5.43. The van der Waals surface area contributed by atoms with Crippen LogP contribution in [0, 0.1) is 11.8 Å². The van der Waals surface area contributed by atoms with E-state index in [2.05, 4.69) is 12.2 Å². The number of nitrogens with two attached hydrogens (primary N) is 1. The molecule has 3 rings (SSSR count). The minimum absolute atomic E-state index is 0. The Labute approximate surface area is 137 Å². The number of halogens is 1. The molecule has 1 amide bonds. The first kappa shape index (κ1) is 16.7. The molecule has 3 N–H and O–H groups in total. The van der Waals surface area contributed by atoms with Gasteiger partial charge in [0, 0.05) is 18.1 Å². The Balaban J connectivity index is 0.00000176. The van der Waals surface area contributed by atoms with E-state index in [4.69, 9.17) is 15.2 Å². The third-order valence-corrected chi connectivity index (χ3v) is 4.60. The molecule has 1 aromatic carbocycles. The van der Waals surface area contributed by atoms with E-state index in [9.17, 15) is 4.79 Å². The molecule has 0 bridgehead atoms. The number of carbonyl (C=O) groups excluding carboxylic acids is 1. The lowest BCUT2D eigenvalue weighted by Gasteiger charge is -2.27. The lowest BCUT2D eigenvalue weighted by Crippen LogP contribution is -2.27.